The molecule has 7 heteroatoms. The van der Waals surface area contributed by atoms with Gasteiger partial charge >= 0.3 is 6.18 Å². The lowest BCUT2D eigenvalue weighted by Gasteiger charge is -2.31. The second-order valence-electron chi connectivity index (χ2n) is 7.58. The van der Waals surface area contributed by atoms with Gasteiger partial charge in [0.15, 0.2) is 0 Å². The summed E-state index contributed by atoms with van der Waals surface area (Å²) in [4.78, 5) is 16.4. The molecule has 27 heavy (non-hydrogen) atoms. The highest BCUT2D eigenvalue weighted by Gasteiger charge is 2.38. The first-order chi connectivity index (χ1) is 12.9. The molecule has 2 atom stereocenters. The molecule has 3 rings (SSSR count). The summed E-state index contributed by atoms with van der Waals surface area (Å²) in [5.74, 6) is -0.0574. The molecule has 0 aromatic heterocycles. The van der Waals surface area contributed by atoms with Gasteiger partial charge in [0.05, 0.1) is 5.56 Å². The van der Waals surface area contributed by atoms with Crippen LogP contribution in [0.2, 0.25) is 0 Å². The number of carbonyl (C=O) groups excluding carboxylic acids is 1. The number of likely N-dealkylation sites (tertiary alicyclic amines) is 2. The van der Waals surface area contributed by atoms with Gasteiger partial charge in [-0.3, -0.25) is 4.79 Å². The Balaban J connectivity index is 1.81. The summed E-state index contributed by atoms with van der Waals surface area (Å²) in [6, 6.07) is 5.58. The fraction of sp³-hybridized carbons (Fsp3) is 0.650. The number of hydrogen-bond acceptors (Lipinski definition) is 3. The average Bonchev–Trinajstić information content (AvgIpc) is 3.06. The average molecular weight is 384 g/mol. The highest BCUT2D eigenvalue weighted by Crippen LogP contribution is 2.37. The Kier molecular flexibility index (Phi) is 6.42. The normalized spacial score (nSPS) is 24.4. The van der Waals surface area contributed by atoms with Gasteiger partial charge in [-0.25, -0.2) is 0 Å². The molecule has 2 fully saturated rings. The third-order valence-corrected chi connectivity index (χ3v) is 5.65. The predicted molar refractivity (Wildman–Crippen MR) is 96.4 cm³/mol. The third-order valence-electron chi connectivity index (χ3n) is 5.65. The van der Waals surface area contributed by atoms with E-state index < -0.39 is 11.7 Å². The number of alkyl halides is 3. The van der Waals surface area contributed by atoms with Gasteiger partial charge in [-0.2, -0.15) is 13.2 Å². The maximum atomic E-state index is 13.1. The van der Waals surface area contributed by atoms with Crippen molar-refractivity contribution in [1.29, 1.82) is 0 Å². The zero-order valence-corrected chi connectivity index (χ0v) is 15.7. The number of ether oxygens (including phenoxy) is 1. The van der Waals surface area contributed by atoms with E-state index in [0.29, 0.717) is 18.7 Å². The second-order valence-corrected chi connectivity index (χ2v) is 7.58. The Labute approximate surface area is 158 Å². The number of carbonyl (C=O) groups is 1. The van der Waals surface area contributed by atoms with Crippen molar-refractivity contribution in [1.82, 2.24) is 9.80 Å². The molecule has 2 heterocycles. The molecule has 1 aromatic rings. The monoisotopic (exact) mass is 384 g/mol. The van der Waals surface area contributed by atoms with Gasteiger partial charge in [0.25, 0.3) is 0 Å². The molecule has 0 N–H and O–H groups in total. The quantitative estimate of drug-likeness (QED) is 0.780. The summed E-state index contributed by atoms with van der Waals surface area (Å²) in [5.41, 5.74) is 0.0398. The Morgan fingerprint density at radius 3 is 2.59 bits per heavy atom. The van der Waals surface area contributed by atoms with Crippen LogP contribution >= 0.6 is 0 Å². The van der Waals surface area contributed by atoms with Crippen LogP contribution in [0.15, 0.2) is 24.3 Å². The topological polar surface area (TPSA) is 32.8 Å². The van der Waals surface area contributed by atoms with Gasteiger partial charge in [0, 0.05) is 32.7 Å². The van der Waals surface area contributed by atoms with Gasteiger partial charge in [-0.15, -0.1) is 0 Å². The van der Waals surface area contributed by atoms with E-state index in [9.17, 15) is 18.0 Å². The lowest BCUT2D eigenvalue weighted by Crippen LogP contribution is -2.37. The molecular weight excluding hydrogens is 357 g/mol. The molecule has 2 aliphatic heterocycles. The van der Waals surface area contributed by atoms with E-state index in [1.165, 1.54) is 25.7 Å². The summed E-state index contributed by atoms with van der Waals surface area (Å²) in [6.45, 7) is 3.89. The van der Waals surface area contributed by atoms with Crippen LogP contribution in [0.5, 0.6) is 0 Å². The SMILES string of the molecule is COCC(=O)N1CC(CN2CCCCC2)C(c2cccc(C(F)(F)F)c2)C1. The zero-order chi connectivity index (χ0) is 19.4. The Hall–Kier alpha value is -1.60. The molecule has 0 aliphatic carbocycles. The largest absolute Gasteiger partial charge is 0.416 e. The maximum Gasteiger partial charge on any atom is 0.416 e. The molecule has 0 saturated carbocycles. The van der Waals surface area contributed by atoms with E-state index in [1.807, 2.05) is 0 Å². The van der Waals surface area contributed by atoms with E-state index in [4.69, 9.17) is 4.74 Å². The van der Waals surface area contributed by atoms with E-state index in [0.717, 1.165) is 38.5 Å². The molecule has 0 bridgehead atoms. The van der Waals surface area contributed by atoms with Gasteiger partial charge < -0.3 is 14.5 Å². The number of hydrogen-bond donors (Lipinski definition) is 0. The smallest absolute Gasteiger partial charge is 0.375 e. The number of rotatable bonds is 5. The van der Waals surface area contributed by atoms with Crippen molar-refractivity contribution >= 4 is 5.91 Å². The highest BCUT2D eigenvalue weighted by atomic mass is 19.4. The number of piperidine rings is 1. The zero-order valence-electron chi connectivity index (χ0n) is 15.7. The van der Waals surface area contributed by atoms with Crippen LogP contribution in [0.3, 0.4) is 0 Å². The molecule has 1 aromatic carbocycles. The van der Waals surface area contributed by atoms with Crippen LogP contribution < -0.4 is 0 Å². The van der Waals surface area contributed by atoms with Crippen LogP contribution in [0.1, 0.15) is 36.3 Å². The van der Waals surface area contributed by atoms with Gasteiger partial charge in [-0.1, -0.05) is 24.6 Å². The summed E-state index contributed by atoms with van der Waals surface area (Å²) >= 11 is 0. The molecule has 2 aliphatic rings. The van der Waals surface area contributed by atoms with Crippen LogP contribution in [-0.2, 0) is 15.7 Å². The maximum absolute atomic E-state index is 13.1. The van der Waals surface area contributed by atoms with E-state index in [1.54, 1.807) is 11.0 Å². The second kappa shape index (κ2) is 8.61. The Morgan fingerprint density at radius 1 is 1.19 bits per heavy atom. The van der Waals surface area contributed by atoms with Crippen molar-refractivity contribution in [2.75, 3.05) is 46.4 Å². The molecule has 2 unspecified atom stereocenters. The number of amides is 1. The van der Waals surface area contributed by atoms with Crippen molar-refractivity contribution in [2.24, 2.45) is 5.92 Å². The lowest BCUT2D eigenvalue weighted by molar-refractivity contribution is -0.137. The predicted octanol–water partition coefficient (Wildman–Crippen LogP) is 3.38. The Bertz CT molecular complexity index is 644. The minimum atomic E-state index is -4.36. The van der Waals surface area contributed by atoms with Crippen LogP contribution in [0.25, 0.3) is 0 Å². The van der Waals surface area contributed by atoms with Gasteiger partial charge in [0.1, 0.15) is 6.61 Å². The lowest BCUT2D eigenvalue weighted by atomic mass is 9.87. The van der Waals surface area contributed by atoms with Crippen molar-refractivity contribution in [3.8, 4) is 0 Å². The standard InChI is InChI=1S/C20H27F3N2O2/c1-27-14-19(26)25-12-16(11-24-8-3-2-4-9-24)18(13-25)15-6-5-7-17(10-15)20(21,22)23/h5-7,10,16,18H,2-4,8-9,11-14H2,1H3. The van der Waals surface area contributed by atoms with Gasteiger partial charge in [-0.05, 0) is 43.5 Å². The van der Waals surface area contributed by atoms with Crippen molar-refractivity contribution in [3.63, 3.8) is 0 Å². The number of nitrogens with zero attached hydrogens (tertiary/aromatic N) is 2. The van der Waals surface area contributed by atoms with Crippen LogP contribution in [0, 0.1) is 5.92 Å². The minimum Gasteiger partial charge on any atom is -0.375 e. The van der Waals surface area contributed by atoms with Crippen molar-refractivity contribution < 1.29 is 22.7 Å². The first kappa shape index (κ1) is 20.1. The molecule has 1 amide bonds. The van der Waals surface area contributed by atoms with Crippen LogP contribution in [0.4, 0.5) is 13.2 Å². The molecule has 2 saturated heterocycles. The van der Waals surface area contributed by atoms with Crippen molar-refractivity contribution in [2.45, 2.75) is 31.4 Å². The van der Waals surface area contributed by atoms with Crippen LogP contribution in [-0.4, -0.2) is 62.1 Å². The summed E-state index contributed by atoms with van der Waals surface area (Å²) in [7, 11) is 1.48. The highest BCUT2D eigenvalue weighted by molar-refractivity contribution is 5.78. The molecule has 150 valence electrons. The molecule has 0 spiro atoms. The van der Waals surface area contributed by atoms with E-state index >= 15 is 0 Å². The first-order valence-corrected chi connectivity index (χ1v) is 9.54. The molecule has 0 radical (unpaired) electrons. The summed E-state index contributed by atoms with van der Waals surface area (Å²) in [5, 5.41) is 0. The fourth-order valence-corrected chi connectivity index (χ4v) is 4.27. The first-order valence-electron chi connectivity index (χ1n) is 9.54. The summed E-state index contributed by atoms with van der Waals surface area (Å²) in [6.07, 6.45) is -0.806. The van der Waals surface area contributed by atoms with Gasteiger partial charge in [0.2, 0.25) is 5.91 Å². The number of benzene rings is 1. The number of methoxy groups -OCH3 is 1. The summed E-state index contributed by atoms with van der Waals surface area (Å²) < 4.78 is 44.4. The van der Waals surface area contributed by atoms with E-state index in [-0.39, 0.29) is 24.3 Å². The fourth-order valence-electron chi connectivity index (χ4n) is 4.27. The van der Waals surface area contributed by atoms with Crippen molar-refractivity contribution in [3.05, 3.63) is 35.4 Å². The molecule has 4 nitrogen and oxygen atoms in total. The minimum absolute atomic E-state index is 0.00570. The third kappa shape index (κ3) is 5.02. The Morgan fingerprint density at radius 2 is 1.93 bits per heavy atom. The number of halogens is 3. The molecular formula is C20H27F3N2O2. The van der Waals surface area contributed by atoms with E-state index in [2.05, 4.69) is 4.90 Å².